The Morgan fingerprint density at radius 1 is 1.08 bits per heavy atom. The minimum atomic E-state index is -0.682. The monoisotopic (exact) mass is 371 g/mol. The number of ether oxygens (including phenoxy) is 1. The van der Waals surface area contributed by atoms with Crippen LogP contribution in [-0.4, -0.2) is 19.9 Å². The van der Waals surface area contributed by atoms with Crippen LogP contribution in [0.3, 0.4) is 0 Å². The van der Waals surface area contributed by atoms with Gasteiger partial charge in [0, 0.05) is 29.9 Å². The molecule has 0 aliphatic carbocycles. The van der Waals surface area contributed by atoms with E-state index in [4.69, 9.17) is 4.74 Å². The van der Waals surface area contributed by atoms with Gasteiger partial charge in [-0.05, 0) is 6.07 Å². The fourth-order valence-electron chi connectivity index (χ4n) is 2.33. The third kappa shape index (κ3) is 3.29. The number of hydrogen-bond acceptors (Lipinski definition) is 7. The van der Waals surface area contributed by atoms with Crippen LogP contribution < -0.4 is 10.1 Å². The number of thiazole rings is 1. The van der Waals surface area contributed by atoms with Gasteiger partial charge >= 0.3 is 0 Å². The van der Waals surface area contributed by atoms with Crippen molar-refractivity contribution in [2.45, 2.75) is 6.61 Å². The Morgan fingerprint density at radius 2 is 2.00 bits per heavy atom. The van der Waals surface area contributed by atoms with E-state index in [1.54, 1.807) is 30.2 Å². The summed E-state index contributed by atoms with van der Waals surface area (Å²) in [7, 11) is 0. The zero-order valence-corrected chi connectivity index (χ0v) is 14.0. The minimum Gasteiger partial charge on any atom is -0.485 e. The fraction of sp³-hybridized carbons (Fsp3) is 0.0588. The lowest BCUT2D eigenvalue weighted by atomic mass is 10.2. The molecule has 0 fully saturated rings. The number of hydrogen-bond donors (Lipinski definition) is 1. The van der Waals surface area contributed by atoms with E-state index < -0.39 is 11.6 Å². The normalized spacial score (nSPS) is 10.8. The van der Waals surface area contributed by atoms with Gasteiger partial charge in [0.2, 0.25) is 0 Å². The number of aromatic nitrogens is 4. The van der Waals surface area contributed by atoms with E-state index in [1.807, 2.05) is 0 Å². The van der Waals surface area contributed by atoms with E-state index in [2.05, 4.69) is 25.3 Å². The molecule has 0 saturated heterocycles. The molecule has 0 radical (unpaired) electrons. The Morgan fingerprint density at radius 3 is 2.85 bits per heavy atom. The number of anilines is 2. The Balaban J connectivity index is 1.60. The van der Waals surface area contributed by atoms with Crippen LogP contribution in [0.5, 0.6) is 5.75 Å². The number of fused-ring (bicyclic) bond motifs is 1. The molecule has 0 unspecified atom stereocenters. The second-order valence-corrected chi connectivity index (χ2v) is 6.23. The summed E-state index contributed by atoms with van der Waals surface area (Å²) in [5.41, 5.74) is 2.18. The van der Waals surface area contributed by atoms with Crippen molar-refractivity contribution in [2.24, 2.45) is 0 Å². The Bertz CT molecular complexity index is 1050. The molecule has 26 heavy (non-hydrogen) atoms. The van der Waals surface area contributed by atoms with Crippen LogP contribution in [0, 0.1) is 11.6 Å². The third-order valence-corrected chi connectivity index (χ3v) is 4.32. The fourth-order valence-corrected chi connectivity index (χ4v) is 2.84. The van der Waals surface area contributed by atoms with Crippen molar-refractivity contribution in [2.75, 3.05) is 5.32 Å². The van der Waals surface area contributed by atoms with Gasteiger partial charge in [0.1, 0.15) is 18.8 Å². The van der Waals surface area contributed by atoms with E-state index >= 15 is 0 Å². The van der Waals surface area contributed by atoms with Crippen LogP contribution >= 0.6 is 11.3 Å². The summed E-state index contributed by atoms with van der Waals surface area (Å²) >= 11 is 1.37. The first kappa shape index (κ1) is 16.3. The number of benzene rings is 1. The van der Waals surface area contributed by atoms with Crippen molar-refractivity contribution < 1.29 is 13.5 Å². The summed E-state index contributed by atoms with van der Waals surface area (Å²) in [6.45, 7) is 0.122. The van der Waals surface area contributed by atoms with Crippen LogP contribution in [0.15, 0.2) is 48.6 Å². The smallest absolute Gasteiger partial charge is 0.167 e. The first-order chi connectivity index (χ1) is 12.7. The number of halogens is 2. The van der Waals surface area contributed by atoms with E-state index in [0.29, 0.717) is 16.7 Å². The zero-order chi connectivity index (χ0) is 17.9. The third-order valence-electron chi connectivity index (χ3n) is 3.57. The van der Waals surface area contributed by atoms with Crippen LogP contribution in [-0.2, 0) is 6.61 Å². The number of pyridine rings is 1. The first-order valence-electron chi connectivity index (χ1n) is 7.51. The van der Waals surface area contributed by atoms with E-state index in [9.17, 15) is 8.78 Å². The molecule has 4 rings (SSSR count). The molecule has 3 aromatic heterocycles. The molecule has 1 N–H and O–H groups in total. The van der Waals surface area contributed by atoms with Crippen molar-refractivity contribution in [1.82, 2.24) is 19.9 Å². The lowest BCUT2D eigenvalue weighted by Gasteiger charge is -2.11. The van der Waals surface area contributed by atoms with Gasteiger partial charge in [0.05, 0.1) is 27.8 Å². The predicted molar refractivity (Wildman–Crippen MR) is 93.4 cm³/mol. The highest BCUT2D eigenvalue weighted by atomic mass is 32.1. The molecule has 6 nitrogen and oxygen atoms in total. The molecule has 9 heteroatoms. The topological polar surface area (TPSA) is 72.8 Å². The maximum atomic E-state index is 14.4. The lowest BCUT2D eigenvalue weighted by molar-refractivity contribution is 0.291. The second kappa shape index (κ2) is 6.96. The van der Waals surface area contributed by atoms with Crippen molar-refractivity contribution in [3.8, 4) is 5.75 Å². The van der Waals surface area contributed by atoms with Crippen molar-refractivity contribution in [3.63, 3.8) is 0 Å². The van der Waals surface area contributed by atoms with Crippen LogP contribution in [0.25, 0.3) is 10.9 Å². The van der Waals surface area contributed by atoms with Crippen molar-refractivity contribution in [3.05, 3.63) is 65.1 Å². The molecule has 3 heterocycles. The van der Waals surface area contributed by atoms with Crippen LogP contribution in [0.1, 0.15) is 4.88 Å². The van der Waals surface area contributed by atoms with Crippen LogP contribution in [0.4, 0.5) is 20.3 Å². The van der Waals surface area contributed by atoms with E-state index in [-0.39, 0.29) is 18.0 Å². The van der Waals surface area contributed by atoms with E-state index in [0.717, 1.165) is 17.0 Å². The van der Waals surface area contributed by atoms with Gasteiger partial charge in [-0.15, -0.1) is 11.3 Å². The second-order valence-electron chi connectivity index (χ2n) is 5.26. The van der Waals surface area contributed by atoms with Gasteiger partial charge < -0.3 is 10.1 Å². The average Bonchev–Trinajstić information content (AvgIpc) is 3.17. The molecule has 1 aromatic carbocycles. The summed E-state index contributed by atoms with van der Waals surface area (Å²) in [6.07, 6.45) is 6.08. The predicted octanol–water partition coefficient (Wildman–Crippen LogP) is 4.08. The quantitative estimate of drug-likeness (QED) is 0.570. The van der Waals surface area contributed by atoms with Crippen molar-refractivity contribution >= 4 is 33.7 Å². The Hall–Kier alpha value is -3.20. The first-order valence-corrected chi connectivity index (χ1v) is 8.39. The van der Waals surface area contributed by atoms with Gasteiger partial charge in [0.25, 0.3) is 0 Å². The highest BCUT2D eigenvalue weighted by Crippen LogP contribution is 2.29. The van der Waals surface area contributed by atoms with Crippen molar-refractivity contribution in [1.29, 1.82) is 0 Å². The molecular weight excluding hydrogens is 360 g/mol. The minimum absolute atomic E-state index is 0.0514. The molecule has 130 valence electrons. The van der Waals surface area contributed by atoms with Gasteiger partial charge in [-0.1, -0.05) is 0 Å². The molecule has 0 amide bonds. The summed E-state index contributed by atoms with van der Waals surface area (Å²) in [6, 6.07) is 3.73. The van der Waals surface area contributed by atoms with Gasteiger partial charge in [-0.2, -0.15) is 0 Å². The maximum absolute atomic E-state index is 14.4. The molecule has 0 saturated carbocycles. The Kier molecular flexibility index (Phi) is 4.36. The maximum Gasteiger partial charge on any atom is 0.167 e. The number of rotatable bonds is 5. The SMILES string of the molecule is Fc1cc(OCc2cncs2)c(F)cc1Nc1ncnc2cnccc12. The van der Waals surface area contributed by atoms with Crippen LogP contribution in [0.2, 0.25) is 0 Å². The van der Waals surface area contributed by atoms with Gasteiger partial charge in [-0.25, -0.2) is 18.7 Å². The highest BCUT2D eigenvalue weighted by molar-refractivity contribution is 7.09. The highest BCUT2D eigenvalue weighted by Gasteiger charge is 2.13. The molecule has 0 bridgehead atoms. The molecule has 0 atom stereocenters. The molecule has 0 aliphatic rings. The Labute approximate surface area is 150 Å². The molecule has 0 spiro atoms. The standard InChI is InChI=1S/C17H11F2N5OS/c18-12-4-16(25-7-10-5-21-9-26-10)13(19)3-14(12)24-17-11-1-2-20-6-15(11)22-8-23-17/h1-6,8-9H,7H2,(H,22,23,24). The number of nitrogens with one attached hydrogen (secondary N) is 1. The molecule has 0 aliphatic heterocycles. The summed E-state index contributed by atoms with van der Waals surface area (Å²) in [5.74, 6) is -1.16. The summed E-state index contributed by atoms with van der Waals surface area (Å²) in [5, 5.41) is 3.44. The summed E-state index contributed by atoms with van der Waals surface area (Å²) in [4.78, 5) is 16.9. The molecule has 4 aromatic rings. The average molecular weight is 371 g/mol. The molecular formula is C17H11F2N5OS. The summed E-state index contributed by atoms with van der Waals surface area (Å²) < 4.78 is 34.0. The van der Waals surface area contributed by atoms with Gasteiger partial charge in [0.15, 0.2) is 17.4 Å². The zero-order valence-electron chi connectivity index (χ0n) is 13.2. The lowest BCUT2D eigenvalue weighted by Crippen LogP contribution is -2.02. The van der Waals surface area contributed by atoms with Gasteiger partial charge in [-0.3, -0.25) is 9.97 Å². The number of nitrogens with zero attached hydrogens (tertiary/aromatic N) is 4. The largest absolute Gasteiger partial charge is 0.485 e. The van der Waals surface area contributed by atoms with E-state index in [1.165, 1.54) is 17.7 Å².